The van der Waals surface area contributed by atoms with Crippen LogP contribution in [-0.2, 0) is 11.2 Å². The largest absolute Gasteiger partial charge is 0.493 e. The molecule has 1 amide bonds. The number of carbonyl (C=O) groups is 1. The Bertz CT molecular complexity index is 881. The summed E-state index contributed by atoms with van der Waals surface area (Å²) < 4.78 is 14.8. The molecule has 0 unspecified atom stereocenters. The van der Waals surface area contributed by atoms with Crippen LogP contribution in [0.5, 0.6) is 11.5 Å². The van der Waals surface area contributed by atoms with Crippen molar-refractivity contribution in [3.05, 3.63) is 54.1 Å². The van der Waals surface area contributed by atoms with E-state index in [1.165, 1.54) is 11.5 Å². The van der Waals surface area contributed by atoms with E-state index in [1.807, 2.05) is 48.5 Å². The van der Waals surface area contributed by atoms with Crippen LogP contribution < -0.4 is 14.8 Å². The quantitative estimate of drug-likeness (QED) is 0.686. The number of aromatic nitrogens is 2. The van der Waals surface area contributed by atoms with Gasteiger partial charge in [-0.3, -0.25) is 4.79 Å². The Kier molecular flexibility index (Phi) is 5.80. The monoisotopic (exact) mass is 369 g/mol. The fraction of sp³-hybridized carbons (Fsp3) is 0.211. The van der Waals surface area contributed by atoms with E-state index in [-0.39, 0.29) is 5.91 Å². The molecule has 1 N–H and O–H groups in total. The Morgan fingerprint density at radius 3 is 2.58 bits per heavy atom. The van der Waals surface area contributed by atoms with Gasteiger partial charge in [-0.15, -0.1) is 0 Å². The predicted octanol–water partition coefficient (Wildman–Crippen LogP) is 3.79. The molecule has 0 spiro atoms. The van der Waals surface area contributed by atoms with Crippen LogP contribution in [0.15, 0.2) is 48.5 Å². The summed E-state index contributed by atoms with van der Waals surface area (Å²) in [5.41, 5.74) is 1.93. The lowest BCUT2D eigenvalue weighted by Crippen LogP contribution is -2.12. The molecule has 0 radical (unpaired) electrons. The first-order valence-corrected chi connectivity index (χ1v) is 8.87. The minimum absolute atomic E-state index is 0.101. The Balaban J connectivity index is 1.57. The normalized spacial score (nSPS) is 10.4. The van der Waals surface area contributed by atoms with Gasteiger partial charge in [-0.1, -0.05) is 36.4 Å². The number of rotatable bonds is 7. The zero-order chi connectivity index (χ0) is 18.4. The zero-order valence-electron chi connectivity index (χ0n) is 14.6. The SMILES string of the molecule is COc1ccc(CCC(=O)Nc2nc(-c3ccccc3)ns2)cc1OC. The standard InChI is InChI=1S/C19H19N3O3S/c1-24-15-10-8-13(12-16(15)25-2)9-11-17(23)20-19-21-18(22-26-19)14-6-4-3-5-7-14/h3-8,10,12H,9,11H2,1-2H3,(H,20,21,22,23). The summed E-state index contributed by atoms with van der Waals surface area (Å²) in [5, 5.41) is 3.30. The molecule has 0 saturated carbocycles. The summed E-state index contributed by atoms with van der Waals surface area (Å²) in [5.74, 6) is 1.84. The minimum atomic E-state index is -0.101. The summed E-state index contributed by atoms with van der Waals surface area (Å²) in [6.07, 6.45) is 0.937. The van der Waals surface area contributed by atoms with Crippen LogP contribution in [-0.4, -0.2) is 29.5 Å². The molecule has 0 aliphatic heterocycles. The number of benzene rings is 2. The van der Waals surface area contributed by atoms with Crippen molar-refractivity contribution < 1.29 is 14.3 Å². The van der Waals surface area contributed by atoms with Crippen LogP contribution in [0.4, 0.5) is 5.13 Å². The molecule has 0 bridgehead atoms. The highest BCUT2D eigenvalue weighted by molar-refractivity contribution is 7.10. The molecule has 1 aromatic heterocycles. The number of ether oxygens (including phenoxy) is 2. The Morgan fingerprint density at radius 2 is 1.85 bits per heavy atom. The number of carbonyl (C=O) groups excluding carboxylic acids is 1. The fourth-order valence-corrected chi connectivity index (χ4v) is 3.06. The van der Waals surface area contributed by atoms with Gasteiger partial charge in [0.2, 0.25) is 11.0 Å². The molecule has 6 nitrogen and oxygen atoms in total. The van der Waals surface area contributed by atoms with E-state index in [9.17, 15) is 4.79 Å². The lowest BCUT2D eigenvalue weighted by molar-refractivity contribution is -0.116. The smallest absolute Gasteiger partial charge is 0.226 e. The molecule has 2 aromatic carbocycles. The summed E-state index contributed by atoms with van der Waals surface area (Å²) in [6.45, 7) is 0. The fourth-order valence-electron chi connectivity index (χ4n) is 2.45. The second-order valence-electron chi connectivity index (χ2n) is 5.53. The molecular formula is C19H19N3O3S. The van der Waals surface area contributed by atoms with Gasteiger partial charge in [-0.2, -0.15) is 9.36 Å². The van der Waals surface area contributed by atoms with Gasteiger partial charge in [-0.25, -0.2) is 0 Å². The van der Waals surface area contributed by atoms with Crippen molar-refractivity contribution in [2.45, 2.75) is 12.8 Å². The van der Waals surface area contributed by atoms with E-state index in [0.717, 1.165) is 11.1 Å². The van der Waals surface area contributed by atoms with E-state index in [1.54, 1.807) is 14.2 Å². The number of nitrogens with zero attached hydrogens (tertiary/aromatic N) is 2. The molecule has 0 aliphatic rings. The number of methoxy groups -OCH3 is 2. The summed E-state index contributed by atoms with van der Waals surface area (Å²) in [6, 6.07) is 15.3. The molecule has 134 valence electrons. The molecule has 0 saturated heterocycles. The highest BCUT2D eigenvalue weighted by Crippen LogP contribution is 2.28. The van der Waals surface area contributed by atoms with Crippen LogP contribution in [0, 0.1) is 0 Å². The van der Waals surface area contributed by atoms with Crippen molar-refractivity contribution in [2.75, 3.05) is 19.5 Å². The average molecular weight is 369 g/mol. The molecule has 0 fully saturated rings. The first-order valence-electron chi connectivity index (χ1n) is 8.09. The third-order valence-corrected chi connectivity index (χ3v) is 4.42. The van der Waals surface area contributed by atoms with Crippen molar-refractivity contribution in [1.29, 1.82) is 0 Å². The number of anilines is 1. The molecule has 0 atom stereocenters. The number of hydrogen-bond acceptors (Lipinski definition) is 6. The van der Waals surface area contributed by atoms with E-state index in [4.69, 9.17) is 9.47 Å². The van der Waals surface area contributed by atoms with Gasteiger partial charge in [0.05, 0.1) is 14.2 Å². The molecule has 0 aliphatic carbocycles. The predicted molar refractivity (Wildman–Crippen MR) is 102 cm³/mol. The lowest BCUT2D eigenvalue weighted by Gasteiger charge is -2.09. The van der Waals surface area contributed by atoms with Gasteiger partial charge in [-0.05, 0) is 24.1 Å². The number of amides is 1. The third-order valence-electron chi connectivity index (χ3n) is 3.79. The second-order valence-corrected chi connectivity index (χ2v) is 6.28. The van der Waals surface area contributed by atoms with Crippen LogP contribution >= 0.6 is 11.5 Å². The van der Waals surface area contributed by atoms with Crippen LogP contribution in [0.25, 0.3) is 11.4 Å². The van der Waals surface area contributed by atoms with Gasteiger partial charge in [0.1, 0.15) is 0 Å². The van der Waals surface area contributed by atoms with Crippen molar-refractivity contribution in [3.63, 3.8) is 0 Å². The maximum absolute atomic E-state index is 12.2. The number of aryl methyl sites for hydroxylation is 1. The van der Waals surface area contributed by atoms with Crippen molar-refractivity contribution in [3.8, 4) is 22.9 Å². The lowest BCUT2D eigenvalue weighted by atomic mass is 10.1. The molecular weight excluding hydrogens is 350 g/mol. The van der Waals surface area contributed by atoms with Crippen LogP contribution in [0.2, 0.25) is 0 Å². The topological polar surface area (TPSA) is 73.3 Å². The average Bonchev–Trinajstić information content (AvgIpc) is 3.15. The third kappa shape index (κ3) is 4.37. The molecule has 7 heteroatoms. The molecule has 3 rings (SSSR count). The number of hydrogen-bond donors (Lipinski definition) is 1. The minimum Gasteiger partial charge on any atom is -0.493 e. The van der Waals surface area contributed by atoms with Crippen LogP contribution in [0.3, 0.4) is 0 Å². The van der Waals surface area contributed by atoms with Crippen molar-refractivity contribution in [1.82, 2.24) is 9.36 Å². The first kappa shape index (κ1) is 17.9. The Hall–Kier alpha value is -2.93. The number of nitrogens with one attached hydrogen (secondary N) is 1. The van der Waals surface area contributed by atoms with Gasteiger partial charge in [0, 0.05) is 23.5 Å². The van der Waals surface area contributed by atoms with E-state index in [0.29, 0.717) is 35.3 Å². The Morgan fingerprint density at radius 1 is 1.08 bits per heavy atom. The highest BCUT2D eigenvalue weighted by Gasteiger charge is 2.11. The van der Waals surface area contributed by atoms with Gasteiger partial charge in [0.15, 0.2) is 17.3 Å². The summed E-state index contributed by atoms with van der Waals surface area (Å²) in [7, 11) is 3.19. The highest BCUT2D eigenvalue weighted by atomic mass is 32.1. The Labute approximate surface area is 156 Å². The van der Waals surface area contributed by atoms with E-state index in [2.05, 4.69) is 14.7 Å². The second kappa shape index (κ2) is 8.44. The van der Waals surface area contributed by atoms with Gasteiger partial charge in [0.25, 0.3) is 0 Å². The van der Waals surface area contributed by atoms with E-state index >= 15 is 0 Å². The van der Waals surface area contributed by atoms with Gasteiger partial charge < -0.3 is 14.8 Å². The summed E-state index contributed by atoms with van der Waals surface area (Å²) >= 11 is 1.18. The molecule has 1 heterocycles. The molecule has 26 heavy (non-hydrogen) atoms. The van der Waals surface area contributed by atoms with Gasteiger partial charge >= 0.3 is 0 Å². The molecule has 3 aromatic rings. The van der Waals surface area contributed by atoms with E-state index < -0.39 is 0 Å². The first-order chi connectivity index (χ1) is 12.7. The maximum atomic E-state index is 12.2. The maximum Gasteiger partial charge on any atom is 0.226 e. The van der Waals surface area contributed by atoms with Crippen molar-refractivity contribution >= 4 is 22.6 Å². The zero-order valence-corrected chi connectivity index (χ0v) is 15.4. The summed E-state index contributed by atoms with van der Waals surface area (Å²) in [4.78, 5) is 16.5. The van der Waals surface area contributed by atoms with Crippen molar-refractivity contribution in [2.24, 2.45) is 0 Å². The van der Waals surface area contributed by atoms with Crippen LogP contribution in [0.1, 0.15) is 12.0 Å².